The maximum Gasteiger partial charge on any atom is 0.387 e. The quantitative estimate of drug-likeness (QED) is 0.238. The predicted molar refractivity (Wildman–Crippen MR) is 158 cm³/mol. The molecule has 1 aliphatic rings. The fourth-order valence-electron chi connectivity index (χ4n) is 4.00. The fraction of sp³-hybridized carbons (Fsp3) is 0.222. The highest BCUT2D eigenvalue weighted by Gasteiger charge is 2.26. The van der Waals surface area contributed by atoms with Crippen molar-refractivity contribution in [3.05, 3.63) is 88.8 Å². The number of aromatic nitrogens is 2. The van der Waals surface area contributed by atoms with E-state index in [4.69, 9.17) is 14.8 Å². The van der Waals surface area contributed by atoms with E-state index in [1.165, 1.54) is 39.9 Å². The first-order valence-corrected chi connectivity index (χ1v) is 14.6. The van der Waals surface area contributed by atoms with Crippen LogP contribution < -0.4 is 9.54 Å². The van der Waals surface area contributed by atoms with E-state index in [1.807, 2.05) is 24.4 Å². The molecule has 0 unspecified atom stereocenters. The van der Waals surface area contributed by atoms with Crippen molar-refractivity contribution in [2.45, 2.75) is 18.4 Å². The normalized spacial score (nSPS) is 15.1. The van der Waals surface area contributed by atoms with Crippen LogP contribution in [0, 0.1) is 0 Å². The smallest absolute Gasteiger partial charge is 0.387 e. The van der Waals surface area contributed by atoms with Gasteiger partial charge in [-0.05, 0) is 61.5 Å². The maximum absolute atomic E-state index is 13.0. The van der Waals surface area contributed by atoms with Crippen molar-refractivity contribution in [1.29, 1.82) is 0 Å². The molecular weight excluding hydrogens is 640 g/mol. The molecule has 0 aliphatic carbocycles. The minimum Gasteiger partial charge on any atom is -0.435 e. The van der Waals surface area contributed by atoms with E-state index in [0.717, 1.165) is 5.56 Å². The van der Waals surface area contributed by atoms with Gasteiger partial charge in [0.05, 0.1) is 35.2 Å². The lowest BCUT2D eigenvalue weighted by Gasteiger charge is -2.26. The van der Waals surface area contributed by atoms with E-state index in [0.29, 0.717) is 53.8 Å². The van der Waals surface area contributed by atoms with Gasteiger partial charge in [-0.2, -0.15) is 18.2 Å². The summed E-state index contributed by atoms with van der Waals surface area (Å²) in [6, 6.07) is 16.3. The number of benzene rings is 2. The van der Waals surface area contributed by atoms with Gasteiger partial charge in [0.2, 0.25) is 14.8 Å². The fourth-order valence-corrected chi connectivity index (χ4v) is 6.26. The Morgan fingerprint density at radius 2 is 1.78 bits per heavy atom. The number of nitrogens with zero attached hydrogens (tertiary/aromatic N) is 5. The largest absolute Gasteiger partial charge is 0.435 e. The molecule has 0 spiro atoms. The molecule has 216 valence electrons. The van der Waals surface area contributed by atoms with E-state index in [2.05, 4.69) is 9.72 Å². The summed E-state index contributed by atoms with van der Waals surface area (Å²) in [5, 5.41) is 6.66. The molecule has 0 saturated carbocycles. The molecule has 0 amide bonds. The van der Waals surface area contributed by atoms with Crippen LogP contribution >= 0.6 is 28.3 Å². The Morgan fingerprint density at radius 1 is 1.07 bits per heavy atom. The standard InChI is InChI=1S/C27H25F2N5O4S2.BrH/c1-19(21-3-2-12-30-17-21)32-34-25(20-4-8-23(9-5-20)38-26(28)29)18-39-27(34)31-22-6-10-24(11-7-22)40(35,36)33-13-15-37-16-14-33;/h2-12,17-18,26H,13-16H2,1H3;1H. The first-order valence-electron chi connectivity index (χ1n) is 12.3. The van der Waals surface area contributed by atoms with Crippen LogP contribution in [0.5, 0.6) is 5.75 Å². The van der Waals surface area contributed by atoms with Crippen molar-refractivity contribution in [2.24, 2.45) is 10.1 Å². The number of hydrogen-bond acceptors (Lipinski definition) is 8. The highest BCUT2D eigenvalue weighted by molar-refractivity contribution is 8.93. The highest BCUT2D eigenvalue weighted by Crippen LogP contribution is 2.25. The summed E-state index contributed by atoms with van der Waals surface area (Å²) in [4.78, 5) is 9.60. The summed E-state index contributed by atoms with van der Waals surface area (Å²) < 4.78 is 64.0. The van der Waals surface area contributed by atoms with E-state index in [-0.39, 0.29) is 27.6 Å². The SMILES string of the molecule is Br.CC(=Nn1c(-c2ccc(OC(F)F)cc2)csc1=Nc1ccc(S(=O)(=O)N2CCOCC2)cc1)c1cccnc1. The zero-order chi connectivity index (χ0) is 28.1. The lowest BCUT2D eigenvalue weighted by atomic mass is 10.2. The van der Waals surface area contributed by atoms with Crippen LogP contribution in [0.25, 0.3) is 11.3 Å². The van der Waals surface area contributed by atoms with Crippen LogP contribution in [0.2, 0.25) is 0 Å². The minimum absolute atomic E-state index is 0. The van der Waals surface area contributed by atoms with Crippen LogP contribution in [0.4, 0.5) is 14.5 Å². The lowest BCUT2D eigenvalue weighted by molar-refractivity contribution is -0.0498. The molecule has 0 radical (unpaired) electrons. The monoisotopic (exact) mass is 665 g/mol. The van der Waals surface area contributed by atoms with Gasteiger partial charge < -0.3 is 9.47 Å². The van der Waals surface area contributed by atoms with E-state index < -0.39 is 16.6 Å². The molecule has 41 heavy (non-hydrogen) atoms. The number of hydrogen-bond donors (Lipinski definition) is 0. The number of ether oxygens (including phenoxy) is 2. The lowest BCUT2D eigenvalue weighted by Crippen LogP contribution is -2.40. The summed E-state index contributed by atoms with van der Waals surface area (Å²) in [7, 11) is -3.63. The average Bonchev–Trinajstić information content (AvgIpc) is 3.36. The summed E-state index contributed by atoms with van der Waals surface area (Å²) in [6.07, 6.45) is 3.37. The molecule has 5 rings (SSSR count). The van der Waals surface area contributed by atoms with Crippen LogP contribution in [-0.4, -0.2) is 61.0 Å². The first-order chi connectivity index (χ1) is 19.3. The Morgan fingerprint density at radius 3 is 2.41 bits per heavy atom. The Labute approximate surface area is 250 Å². The van der Waals surface area contributed by atoms with Crippen molar-refractivity contribution >= 4 is 49.7 Å². The van der Waals surface area contributed by atoms with Crippen LogP contribution in [0.1, 0.15) is 12.5 Å². The van der Waals surface area contributed by atoms with Crippen molar-refractivity contribution in [3.63, 3.8) is 0 Å². The summed E-state index contributed by atoms with van der Waals surface area (Å²) in [6.45, 7) is 0.304. The molecular formula is C27H26BrF2N5O4S2. The Hall–Kier alpha value is -3.30. The van der Waals surface area contributed by atoms with Gasteiger partial charge in [-0.25, -0.2) is 18.1 Å². The summed E-state index contributed by atoms with van der Waals surface area (Å²) in [5.41, 5.74) is 3.43. The van der Waals surface area contributed by atoms with Gasteiger partial charge >= 0.3 is 6.61 Å². The van der Waals surface area contributed by atoms with E-state index in [1.54, 1.807) is 41.3 Å². The second-order valence-electron chi connectivity index (χ2n) is 8.67. The number of pyridine rings is 1. The topological polar surface area (TPSA) is 98.4 Å². The van der Waals surface area contributed by atoms with Gasteiger partial charge in [-0.3, -0.25) is 4.98 Å². The van der Waals surface area contributed by atoms with Gasteiger partial charge in [0, 0.05) is 42.0 Å². The number of morpholine rings is 1. The minimum atomic E-state index is -3.63. The van der Waals surface area contributed by atoms with Crippen LogP contribution in [-0.2, 0) is 14.8 Å². The number of halogens is 3. The van der Waals surface area contributed by atoms with Gasteiger partial charge in [0.25, 0.3) is 0 Å². The zero-order valence-electron chi connectivity index (χ0n) is 21.8. The van der Waals surface area contributed by atoms with E-state index in [9.17, 15) is 17.2 Å². The number of alkyl halides is 2. The molecule has 0 atom stereocenters. The third-order valence-corrected chi connectivity index (χ3v) is 8.79. The Balaban J connectivity index is 0.00000387. The molecule has 2 aromatic heterocycles. The van der Waals surface area contributed by atoms with Gasteiger partial charge in [0.15, 0.2) is 0 Å². The third kappa shape index (κ3) is 7.32. The van der Waals surface area contributed by atoms with Crippen molar-refractivity contribution in [3.8, 4) is 17.0 Å². The molecule has 1 aliphatic heterocycles. The second-order valence-corrected chi connectivity index (χ2v) is 11.4. The molecule has 1 fully saturated rings. The molecule has 14 heteroatoms. The van der Waals surface area contributed by atoms with Gasteiger partial charge in [-0.1, -0.05) is 6.07 Å². The van der Waals surface area contributed by atoms with Crippen molar-refractivity contribution in [2.75, 3.05) is 26.3 Å². The van der Waals surface area contributed by atoms with E-state index >= 15 is 0 Å². The summed E-state index contributed by atoms with van der Waals surface area (Å²) >= 11 is 1.33. The molecule has 0 bridgehead atoms. The molecule has 3 heterocycles. The second kappa shape index (κ2) is 13.6. The molecule has 1 saturated heterocycles. The predicted octanol–water partition coefficient (Wildman–Crippen LogP) is 5.32. The number of sulfonamides is 1. The van der Waals surface area contributed by atoms with Crippen molar-refractivity contribution in [1.82, 2.24) is 14.0 Å². The molecule has 0 N–H and O–H groups in total. The van der Waals surface area contributed by atoms with Gasteiger partial charge in [-0.15, -0.1) is 28.3 Å². The van der Waals surface area contributed by atoms with Crippen LogP contribution in [0.15, 0.2) is 93.4 Å². The van der Waals surface area contributed by atoms with Crippen LogP contribution in [0.3, 0.4) is 0 Å². The van der Waals surface area contributed by atoms with Crippen molar-refractivity contribution < 1.29 is 26.7 Å². The third-order valence-electron chi connectivity index (χ3n) is 6.06. The maximum atomic E-state index is 13.0. The Kier molecular flexibility index (Phi) is 10.1. The average molecular weight is 667 g/mol. The number of rotatable bonds is 8. The molecule has 4 aromatic rings. The number of thiazole rings is 1. The molecule has 2 aromatic carbocycles. The first kappa shape index (κ1) is 30.7. The molecule has 9 nitrogen and oxygen atoms in total. The van der Waals surface area contributed by atoms with Gasteiger partial charge in [0.1, 0.15) is 5.75 Å². The zero-order valence-corrected chi connectivity index (χ0v) is 25.1. The summed E-state index contributed by atoms with van der Waals surface area (Å²) in [5.74, 6) is 0.0487. The highest BCUT2D eigenvalue weighted by atomic mass is 79.9. The Bertz CT molecular complexity index is 1650.